The fourth-order valence-electron chi connectivity index (χ4n) is 2.45. The molecule has 0 aliphatic carbocycles. The van der Waals surface area contributed by atoms with Crippen LogP contribution >= 0.6 is 15.9 Å². The van der Waals surface area contributed by atoms with Gasteiger partial charge in [-0.1, -0.05) is 22.0 Å². The monoisotopic (exact) mass is 346 g/mol. The molecule has 0 unspecified atom stereocenters. The van der Waals surface area contributed by atoms with Gasteiger partial charge in [0.15, 0.2) is 0 Å². The number of nitrogens with zero attached hydrogens (tertiary/aromatic N) is 1. The van der Waals surface area contributed by atoms with Gasteiger partial charge in [-0.25, -0.2) is 4.39 Å². The summed E-state index contributed by atoms with van der Waals surface area (Å²) in [6, 6.07) is 10.5. The van der Waals surface area contributed by atoms with Crippen LogP contribution in [0, 0.1) is 17.1 Å². The van der Waals surface area contributed by atoms with Gasteiger partial charge < -0.3 is 10.1 Å². The average molecular weight is 347 g/mol. The van der Waals surface area contributed by atoms with Crippen LogP contribution in [0.15, 0.2) is 34.8 Å². The largest absolute Gasteiger partial charge is 0.493 e. The maximum atomic E-state index is 13.6. The molecule has 0 radical (unpaired) electrons. The fraction of sp³-hybridized carbons (Fsp3) is 0.188. The Labute approximate surface area is 130 Å². The highest BCUT2D eigenvalue weighted by molar-refractivity contribution is 9.10. The number of fused-ring (bicyclic) bond motifs is 1. The Bertz CT molecular complexity index is 740. The average Bonchev–Trinajstić information content (AvgIpc) is 2.93. The molecule has 0 bridgehead atoms. The van der Waals surface area contributed by atoms with Crippen LogP contribution in [0.2, 0.25) is 0 Å². The van der Waals surface area contributed by atoms with Gasteiger partial charge in [-0.15, -0.1) is 0 Å². The lowest BCUT2D eigenvalue weighted by Crippen LogP contribution is -2.04. The van der Waals surface area contributed by atoms with Gasteiger partial charge in [0, 0.05) is 23.0 Å². The molecule has 0 aromatic heterocycles. The molecule has 21 heavy (non-hydrogen) atoms. The lowest BCUT2D eigenvalue weighted by molar-refractivity contribution is 0.354. The molecule has 5 heteroatoms. The van der Waals surface area contributed by atoms with Crippen LogP contribution < -0.4 is 10.1 Å². The van der Waals surface area contributed by atoms with Crippen LogP contribution in [0.25, 0.3) is 0 Å². The van der Waals surface area contributed by atoms with Crippen molar-refractivity contribution in [2.24, 2.45) is 0 Å². The van der Waals surface area contributed by atoms with E-state index < -0.39 is 5.82 Å². The van der Waals surface area contributed by atoms with Gasteiger partial charge in [-0.2, -0.15) is 5.26 Å². The Hall–Kier alpha value is -2.06. The summed E-state index contributed by atoms with van der Waals surface area (Å²) in [5.41, 5.74) is 2.68. The van der Waals surface area contributed by atoms with E-state index in [9.17, 15) is 4.39 Å². The van der Waals surface area contributed by atoms with Gasteiger partial charge in [0.2, 0.25) is 0 Å². The summed E-state index contributed by atoms with van der Waals surface area (Å²) in [4.78, 5) is 0. The first-order valence-corrected chi connectivity index (χ1v) is 7.35. The van der Waals surface area contributed by atoms with Crippen molar-refractivity contribution in [2.45, 2.75) is 13.0 Å². The van der Waals surface area contributed by atoms with Crippen molar-refractivity contribution in [2.75, 3.05) is 11.9 Å². The summed E-state index contributed by atoms with van der Waals surface area (Å²) >= 11 is 3.49. The van der Waals surface area contributed by atoms with Crippen molar-refractivity contribution in [3.8, 4) is 11.8 Å². The molecule has 0 saturated carbocycles. The highest BCUT2D eigenvalue weighted by Gasteiger charge is 2.17. The van der Waals surface area contributed by atoms with Crippen LogP contribution in [-0.2, 0) is 13.0 Å². The van der Waals surface area contributed by atoms with Crippen molar-refractivity contribution in [1.82, 2.24) is 0 Å². The van der Waals surface area contributed by atoms with Gasteiger partial charge >= 0.3 is 0 Å². The molecule has 1 heterocycles. The van der Waals surface area contributed by atoms with Crippen LogP contribution in [0.3, 0.4) is 0 Å². The fourth-order valence-corrected chi connectivity index (χ4v) is 3.01. The predicted octanol–water partition coefficient (Wildman–Crippen LogP) is 4.01. The molecule has 106 valence electrons. The van der Waals surface area contributed by atoms with Gasteiger partial charge in [0.25, 0.3) is 0 Å². The second-order valence-corrected chi connectivity index (χ2v) is 5.70. The third kappa shape index (κ3) is 2.72. The molecule has 2 aromatic carbocycles. The summed E-state index contributed by atoms with van der Waals surface area (Å²) < 4.78 is 20.2. The Balaban J connectivity index is 1.87. The quantitative estimate of drug-likeness (QED) is 0.913. The molecular weight excluding hydrogens is 335 g/mol. The lowest BCUT2D eigenvalue weighted by Gasteiger charge is -2.12. The van der Waals surface area contributed by atoms with Crippen LogP contribution in [0.1, 0.15) is 16.7 Å². The van der Waals surface area contributed by atoms with E-state index in [4.69, 9.17) is 10.00 Å². The van der Waals surface area contributed by atoms with E-state index in [1.807, 2.05) is 12.1 Å². The number of halogens is 2. The molecule has 3 rings (SSSR count). The number of hydrogen-bond donors (Lipinski definition) is 1. The van der Waals surface area contributed by atoms with Gasteiger partial charge in [-0.05, 0) is 29.8 Å². The minimum absolute atomic E-state index is 0.0325. The summed E-state index contributed by atoms with van der Waals surface area (Å²) in [5.74, 6) is 0.374. The summed E-state index contributed by atoms with van der Waals surface area (Å²) in [6.45, 7) is 1.15. The van der Waals surface area contributed by atoms with E-state index in [-0.39, 0.29) is 5.56 Å². The molecule has 0 spiro atoms. The predicted molar refractivity (Wildman–Crippen MR) is 81.8 cm³/mol. The second kappa shape index (κ2) is 5.74. The first-order valence-electron chi connectivity index (χ1n) is 6.55. The molecule has 1 N–H and O–H groups in total. The molecule has 0 atom stereocenters. The molecule has 2 aromatic rings. The van der Waals surface area contributed by atoms with E-state index in [1.54, 1.807) is 12.1 Å². The zero-order valence-corrected chi connectivity index (χ0v) is 12.7. The van der Waals surface area contributed by atoms with E-state index in [2.05, 4.69) is 27.3 Å². The zero-order chi connectivity index (χ0) is 14.8. The van der Waals surface area contributed by atoms with E-state index in [0.29, 0.717) is 18.8 Å². The highest BCUT2D eigenvalue weighted by atomic mass is 79.9. The van der Waals surface area contributed by atoms with Crippen molar-refractivity contribution < 1.29 is 9.13 Å². The number of hydrogen-bond acceptors (Lipinski definition) is 3. The summed E-state index contributed by atoms with van der Waals surface area (Å²) in [5, 5.41) is 12.1. The van der Waals surface area contributed by atoms with Crippen LogP contribution in [0.4, 0.5) is 10.1 Å². The Morgan fingerprint density at radius 2 is 2.24 bits per heavy atom. The van der Waals surface area contributed by atoms with Crippen LogP contribution in [0.5, 0.6) is 5.75 Å². The van der Waals surface area contributed by atoms with E-state index in [1.165, 1.54) is 11.6 Å². The van der Waals surface area contributed by atoms with Gasteiger partial charge in [-0.3, -0.25) is 0 Å². The number of nitriles is 1. The van der Waals surface area contributed by atoms with Gasteiger partial charge in [0.1, 0.15) is 23.2 Å². The molecule has 0 amide bonds. The first-order chi connectivity index (χ1) is 10.2. The topological polar surface area (TPSA) is 45.0 Å². The summed E-state index contributed by atoms with van der Waals surface area (Å²) in [7, 11) is 0. The third-order valence-corrected chi connectivity index (χ3v) is 3.88. The molecular formula is C16H12BrFN2O. The highest BCUT2D eigenvalue weighted by Crippen LogP contribution is 2.33. The molecule has 0 saturated heterocycles. The van der Waals surface area contributed by atoms with Crippen molar-refractivity contribution in [3.05, 3.63) is 57.3 Å². The Morgan fingerprint density at radius 1 is 1.38 bits per heavy atom. The van der Waals surface area contributed by atoms with E-state index >= 15 is 0 Å². The standard InChI is InChI=1S/C16H12BrFN2O/c17-12-6-10-4-5-21-16(10)11(7-12)9-20-15-3-1-2-14(18)13(15)8-19/h1-3,6-7,20H,4-5,9H2. The lowest BCUT2D eigenvalue weighted by atomic mass is 10.1. The number of anilines is 1. The smallest absolute Gasteiger partial charge is 0.143 e. The van der Waals surface area contributed by atoms with Gasteiger partial charge in [0.05, 0.1) is 12.3 Å². The van der Waals surface area contributed by atoms with Crippen LogP contribution in [-0.4, -0.2) is 6.61 Å². The maximum absolute atomic E-state index is 13.6. The maximum Gasteiger partial charge on any atom is 0.143 e. The second-order valence-electron chi connectivity index (χ2n) is 4.78. The number of benzene rings is 2. The normalized spacial score (nSPS) is 12.4. The number of rotatable bonds is 3. The Morgan fingerprint density at radius 3 is 3.05 bits per heavy atom. The minimum atomic E-state index is -0.516. The zero-order valence-electron chi connectivity index (χ0n) is 11.1. The van der Waals surface area contributed by atoms with Crippen molar-refractivity contribution >= 4 is 21.6 Å². The summed E-state index contributed by atoms with van der Waals surface area (Å²) in [6.07, 6.45) is 0.894. The SMILES string of the molecule is N#Cc1c(F)cccc1NCc1cc(Br)cc2c1OCC2. The minimum Gasteiger partial charge on any atom is -0.493 e. The number of nitrogens with one attached hydrogen (secondary N) is 1. The first kappa shape index (κ1) is 13.9. The third-order valence-electron chi connectivity index (χ3n) is 3.42. The molecule has 1 aliphatic rings. The Kier molecular flexibility index (Phi) is 3.80. The number of ether oxygens (including phenoxy) is 1. The molecule has 3 nitrogen and oxygen atoms in total. The van der Waals surface area contributed by atoms with Crippen molar-refractivity contribution in [3.63, 3.8) is 0 Å². The van der Waals surface area contributed by atoms with Crippen molar-refractivity contribution in [1.29, 1.82) is 5.26 Å². The molecule has 1 aliphatic heterocycles. The van der Waals surface area contributed by atoms with E-state index in [0.717, 1.165) is 22.2 Å². The molecule has 0 fully saturated rings.